The Bertz CT molecular complexity index is 737. The highest BCUT2D eigenvalue weighted by atomic mass is 16.5. The molecule has 0 aromatic heterocycles. The van der Waals surface area contributed by atoms with Crippen molar-refractivity contribution < 1.29 is 14.3 Å². The maximum absolute atomic E-state index is 12.0. The molecule has 1 atom stereocenters. The molecule has 1 aromatic carbocycles. The summed E-state index contributed by atoms with van der Waals surface area (Å²) in [6.45, 7) is 4.43. The van der Waals surface area contributed by atoms with Gasteiger partial charge in [-0.2, -0.15) is 0 Å². The molecule has 0 aliphatic heterocycles. The van der Waals surface area contributed by atoms with Crippen molar-refractivity contribution in [2.24, 2.45) is 5.92 Å². The van der Waals surface area contributed by atoms with E-state index in [2.05, 4.69) is 37.3 Å². The summed E-state index contributed by atoms with van der Waals surface area (Å²) < 4.78 is 10.7. The average molecular weight is 324 g/mol. The Labute approximate surface area is 143 Å². The number of benzene rings is 1. The Morgan fingerprint density at radius 1 is 1.21 bits per heavy atom. The summed E-state index contributed by atoms with van der Waals surface area (Å²) in [4.78, 5) is 12.0. The van der Waals surface area contributed by atoms with Gasteiger partial charge in [-0.15, -0.1) is 0 Å². The highest BCUT2D eigenvalue weighted by Gasteiger charge is 2.24. The highest BCUT2D eigenvalue weighted by molar-refractivity contribution is 5.87. The van der Waals surface area contributed by atoms with Crippen molar-refractivity contribution in [2.45, 2.75) is 33.1 Å². The van der Waals surface area contributed by atoms with Crippen LogP contribution < -0.4 is 0 Å². The van der Waals surface area contributed by atoms with Crippen molar-refractivity contribution >= 4 is 11.5 Å². The minimum Gasteiger partial charge on any atom is -0.501 e. The zero-order valence-electron chi connectivity index (χ0n) is 14.6. The Morgan fingerprint density at radius 2 is 2.00 bits per heavy atom. The Hall–Kier alpha value is -2.29. The van der Waals surface area contributed by atoms with Crippen LogP contribution in [0.5, 0.6) is 0 Å². The molecule has 3 rings (SSSR count). The summed E-state index contributed by atoms with van der Waals surface area (Å²) in [5.41, 5.74) is 6.05. The van der Waals surface area contributed by atoms with Gasteiger partial charge in [0.05, 0.1) is 25.9 Å². The molecule has 1 aromatic rings. The van der Waals surface area contributed by atoms with Crippen molar-refractivity contribution in [3.8, 4) is 0 Å². The molecule has 0 N–H and O–H groups in total. The normalized spacial score (nSPS) is 19.5. The Morgan fingerprint density at radius 3 is 2.75 bits per heavy atom. The molecule has 1 unspecified atom stereocenters. The predicted molar refractivity (Wildman–Crippen MR) is 95.3 cm³/mol. The molecular weight excluding hydrogens is 300 g/mol. The van der Waals surface area contributed by atoms with Crippen LogP contribution in [0.15, 0.2) is 53.3 Å². The lowest BCUT2D eigenvalue weighted by atomic mass is 9.87. The highest BCUT2D eigenvalue weighted by Crippen LogP contribution is 2.38. The molecule has 0 radical (unpaired) electrons. The van der Waals surface area contributed by atoms with Gasteiger partial charge in [0.1, 0.15) is 0 Å². The van der Waals surface area contributed by atoms with Gasteiger partial charge in [-0.1, -0.05) is 37.3 Å². The number of ether oxygens (including phenoxy) is 2. The van der Waals surface area contributed by atoms with E-state index in [-0.39, 0.29) is 5.97 Å². The number of fused-ring (bicyclic) bond motifs is 1. The second-order valence-corrected chi connectivity index (χ2v) is 6.39. The lowest BCUT2D eigenvalue weighted by molar-refractivity contribution is -0.141. The van der Waals surface area contributed by atoms with E-state index in [1.807, 2.05) is 13.0 Å². The average Bonchev–Trinajstić information content (AvgIpc) is 2.71. The van der Waals surface area contributed by atoms with E-state index in [0.29, 0.717) is 18.9 Å². The smallest absolute Gasteiger partial charge is 0.310 e. The quantitative estimate of drug-likeness (QED) is 0.768. The van der Waals surface area contributed by atoms with E-state index in [1.165, 1.54) is 16.7 Å². The number of hydrogen-bond donors (Lipinski definition) is 0. The molecule has 0 fully saturated rings. The van der Waals surface area contributed by atoms with Gasteiger partial charge in [0.15, 0.2) is 0 Å². The van der Waals surface area contributed by atoms with Crippen molar-refractivity contribution in [2.75, 3.05) is 13.7 Å². The number of carbonyl (C=O) groups excluding carboxylic acids is 1. The van der Waals surface area contributed by atoms with Crippen LogP contribution in [0.25, 0.3) is 5.57 Å². The number of esters is 1. The molecule has 0 saturated carbocycles. The van der Waals surface area contributed by atoms with Crippen molar-refractivity contribution in [1.82, 2.24) is 0 Å². The molecule has 126 valence electrons. The van der Waals surface area contributed by atoms with Crippen LogP contribution >= 0.6 is 0 Å². The van der Waals surface area contributed by atoms with E-state index in [0.717, 1.165) is 29.7 Å². The first-order valence-electron chi connectivity index (χ1n) is 8.54. The standard InChI is InChI=1S/C21H24O3/c1-4-24-21(22)13-18-11-16-9-14(2)20(23-3)12-17(16)10-15-7-5-6-8-19(15)18/h5-8,11-12,14H,4,9-10,13H2,1-3H3. The van der Waals surface area contributed by atoms with Crippen LogP contribution in [-0.4, -0.2) is 19.7 Å². The summed E-state index contributed by atoms with van der Waals surface area (Å²) >= 11 is 0. The van der Waals surface area contributed by atoms with Gasteiger partial charge in [-0.25, -0.2) is 0 Å². The van der Waals surface area contributed by atoms with Gasteiger partial charge in [-0.3, -0.25) is 4.79 Å². The van der Waals surface area contributed by atoms with Gasteiger partial charge < -0.3 is 9.47 Å². The van der Waals surface area contributed by atoms with Gasteiger partial charge in [0, 0.05) is 5.92 Å². The van der Waals surface area contributed by atoms with Crippen molar-refractivity contribution in [3.05, 3.63) is 64.4 Å². The summed E-state index contributed by atoms with van der Waals surface area (Å²) in [6.07, 6.45) is 6.49. The van der Waals surface area contributed by atoms with Crippen molar-refractivity contribution in [1.29, 1.82) is 0 Å². The molecule has 2 aliphatic carbocycles. The molecule has 0 spiro atoms. The van der Waals surface area contributed by atoms with E-state index in [4.69, 9.17) is 9.47 Å². The third kappa shape index (κ3) is 3.30. The van der Waals surface area contributed by atoms with E-state index in [9.17, 15) is 4.79 Å². The molecule has 0 heterocycles. The van der Waals surface area contributed by atoms with Crippen LogP contribution in [0.2, 0.25) is 0 Å². The first-order chi connectivity index (χ1) is 11.6. The monoisotopic (exact) mass is 324 g/mol. The summed E-state index contributed by atoms with van der Waals surface area (Å²) in [7, 11) is 1.74. The fraction of sp³-hybridized carbons (Fsp3) is 0.381. The Balaban J connectivity index is 2.04. The van der Waals surface area contributed by atoms with E-state index >= 15 is 0 Å². The van der Waals surface area contributed by atoms with E-state index < -0.39 is 0 Å². The third-order valence-corrected chi connectivity index (χ3v) is 4.71. The topological polar surface area (TPSA) is 35.5 Å². The largest absolute Gasteiger partial charge is 0.501 e. The number of hydrogen-bond acceptors (Lipinski definition) is 3. The van der Waals surface area contributed by atoms with Gasteiger partial charge in [0.2, 0.25) is 0 Å². The minimum absolute atomic E-state index is 0.167. The number of allylic oxidation sites excluding steroid dienone is 5. The fourth-order valence-electron chi connectivity index (χ4n) is 3.54. The van der Waals surface area contributed by atoms with Crippen LogP contribution in [0.1, 0.15) is 37.8 Å². The molecule has 2 aliphatic rings. The number of carbonyl (C=O) groups is 1. The Kier molecular flexibility index (Phi) is 4.89. The maximum Gasteiger partial charge on any atom is 0.310 e. The number of methoxy groups -OCH3 is 1. The maximum atomic E-state index is 12.0. The SMILES string of the molecule is CCOC(=O)CC1=CC2=C(C=C(OC)C(C)C2)Cc2ccccc21. The summed E-state index contributed by atoms with van der Waals surface area (Å²) in [5, 5.41) is 0. The first kappa shape index (κ1) is 16.6. The molecule has 0 saturated heterocycles. The predicted octanol–water partition coefficient (Wildman–Crippen LogP) is 4.45. The molecule has 3 nitrogen and oxygen atoms in total. The van der Waals surface area contributed by atoms with Crippen molar-refractivity contribution in [3.63, 3.8) is 0 Å². The van der Waals surface area contributed by atoms with Gasteiger partial charge in [-0.05, 0) is 53.7 Å². The zero-order chi connectivity index (χ0) is 17.1. The van der Waals surface area contributed by atoms with Crippen LogP contribution in [0, 0.1) is 5.92 Å². The van der Waals surface area contributed by atoms with Crippen LogP contribution in [0.4, 0.5) is 0 Å². The molecule has 24 heavy (non-hydrogen) atoms. The third-order valence-electron chi connectivity index (χ3n) is 4.71. The lowest BCUT2D eigenvalue weighted by Crippen LogP contribution is -2.10. The van der Waals surface area contributed by atoms with E-state index in [1.54, 1.807) is 7.11 Å². The number of rotatable bonds is 4. The second kappa shape index (κ2) is 7.08. The zero-order valence-corrected chi connectivity index (χ0v) is 14.6. The second-order valence-electron chi connectivity index (χ2n) is 6.39. The molecule has 0 bridgehead atoms. The minimum atomic E-state index is -0.167. The van der Waals surface area contributed by atoms with Crippen LogP contribution in [0.3, 0.4) is 0 Å². The molecular formula is C21H24O3. The molecule has 3 heteroatoms. The first-order valence-corrected chi connectivity index (χ1v) is 8.54. The summed E-state index contributed by atoms with van der Waals surface area (Å²) in [5.74, 6) is 1.23. The summed E-state index contributed by atoms with van der Waals surface area (Å²) in [6, 6.07) is 8.33. The molecule has 0 amide bonds. The fourth-order valence-corrected chi connectivity index (χ4v) is 3.54. The van der Waals surface area contributed by atoms with Crippen LogP contribution in [-0.2, 0) is 20.7 Å². The van der Waals surface area contributed by atoms with Gasteiger partial charge >= 0.3 is 5.97 Å². The van der Waals surface area contributed by atoms with Gasteiger partial charge in [0.25, 0.3) is 0 Å². The lowest BCUT2D eigenvalue weighted by Gasteiger charge is -2.23.